The maximum Gasteiger partial charge on any atom is 0.317 e. The van der Waals surface area contributed by atoms with Gasteiger partial charge < -0.3 is 9.15 Å². The molecule has 2 aromatic carbocycles. The highest BCUT2D eigenvalue weighted by Gasteiger charge is 2.19. The van der Waals surface area contributed by atoms with Crippen molar-refractivity contribution in [1.29, 1.82) is 0 Å². The molecule has 1 unspecified atom stereocenters. The molecule has 0 saturated heterocycles. The van der Waals surface area contributed by atoms with Gasteiger partial charge in [0.25, 0.3) is 11.8 Å². The van der Waals surface area contributed by atoms with Crippen LogP contribution < -0.4 is 0 Å². The first-order valence-corrected chi connectivity index (χ1v) is 10.2. The van der Waals surface area contributed by atoms with Crippen LogP contribution in [0.4, 0.5) is 0 Å². The Morgan fingerprint density at radius 3 is 2.81 bits per heavy atom. The highest BCUT2D eigenvalue weighted by molar-refractivity contribution is 8.00. The van der Waals surface area contributed by atoms with Crippen molar-refractivity contribution < 1.29 is 13.9 Å². The number of fused-ring (bicyclic) bond motifs is 1. The van der Waals surface area contributed by atoms with Gasteiger partial charge in [-0.1, -0.05) is 36.4 Å². The quantitative estimate of drug-likeness (QED) is 0.323. The van der Waals surface area contributed by atoms with E-state index < -0.39 is 6.10 Å². The van der Waals surface area contributed by atoms with Crippen molar-refractivity contribution in [2.24, 2.45) is 0 Å². The van der Waals surface area contributed by atoms with Crippen LogP contribution in [0.1, 0.15) is 18.9 Å². The van der Waals surface area contributed by atoms with E-state index in [1.165, 1.54) is 28.5 Å². The average Bonchev–Trinajstić information content (AvgIpc) is 3.37. The van der Waals surface area contributed by atoms with E-state index in [4.69, 9.17) is 9.15 Å². The molecule has 0 saturated carbocycles. The summed E-state index contributed by atoms with van der Waals surface area (Å²) in [6, 6.07) is 18.1. The fraction of sp³-hybridized carbons (Fsp3) is 0.150. The molecule has 4 aromatic rings. The van der Waals surface area contributed by atoms with E-state index in [9.17, 15) is 4.79 Å². The van der Waals surface area contributed by atoms with Crippen LogP contribution in [0.5, 0.6) is 0 Å². The molecule has 1 atom stereocenters. The molecule has 0 aliphatic rings. The molecule has 0 amide bonds. The van der Waals surface area contributed by atoms with E-state index in [1.807, 2.05) is 35.7 Å². The molecule has 4 rings (SSSR count). The van der Waals surface area contributed by atoms with Crippen LogP contribution in [0.3, 0.4) is 0 Å². The van der Waals surface area contributed by atoms with Gasteiger partial charge in [-0.15, -0.1) is 33.3 Å². The van der Waals surface area contributed by atoms with Gasteiger partial charge in [0.2, 0.25) is 0 Å². The van der Waals surface area contributed by atoms with Crippen molar-refractivity contribution in [3.63, 3.8) is 0 Å². The average molecular weight is 396 g/mol. The lowest BCUT2D eigenvalue weighted by molar-refractivity contribution is -0.146. The number of ether oxygens (including phenoxy) is 1. The first kappa shape index (κ1) is 17.8. The summed E-state index contributed by atoms with van der Waals surface area (Å²) in [7, 11) is 0. The summed E-state index contributed by atoms with van der Waals surface area (Å²) in [5, 5.41) is 12.3. The number of hydrogen-bond acceptors (Lipinski definition) is 7. The number of thioether (sulfide) groups is 1. The van der Waals surface area contributed by atoms with Gasteiger partial charge in [-0.05, 0) is 41.3 Å². The lowest BCUT2D eigenvalue weighted by Crippen LogP contribution is -2.11. The van der Waals surface area contributed by atoms with Crippen molar-refractivity contribution in [3.8, 4) is 10.8 Å². The molecule has 0 bridgehead atoms. The van der Waals surface area contributed by atoms with Crippen molar-refractivity contribution in [2.45, 2.75) is 17.9 Å². The third-order valence-corrected chi connectivity index (χ3v) is 5.73. The smallest absolute Gasteiger partial charge is 0.317 e. The fourth-order valence-electron chi connectivity index (χ4n) is 2.58. The van der Waals surface area contributed by atoms with E-state index in [-0.39, 0.29) is 11.7 Å². The van der Waals surface area contributed by atoms with Gasteiger partial charge in [-0.2, -0.15) is 0 Å². The van der Waals surface area contributed by atoms with Crippen molar-refractivity contribution in [2.75, 3.05) is 5.75 Å². The molecule has 0 spiro atoms. The number of hydrogen-bond donors (Lipinski definition) is 0. The van der Waals surface area contributed by atoms with E-state index >= 15 is 0 Å². The third kappa shape index (κ3) is 4.20. The molecule has 0 aliphatic heterocycles. The Morgan fingerprint density at radius 2 is 2.00 bits per heavy atom. The second-order valence-corrected chi connectivity index (χ2v) is 7.85. The van der Waals surface area contributed by atoms with Gasteiger partial charge in [-0.25, -0.2) is 0 Å². The van der Waals surface area contributed by atoms with Gasteiger partial charge in [0.1, 0.15) is 0 Å². The number of nitrogens with zero attached hydrogens (tertiary/aromatic N) is 2. The lowest BCUT2D eigenvalue weighted by atomic mass is 10.1. The molecule has 27 heavy (non-hydrogen) atoms. The maximum absolute atomic E-state index is 12.2. The maximum atomic E-state index is 12.2. The topological polar surface area (TPSA) is 65.2 Å². The van der Waals surface area contributed by atoms with Crippen molar-refractivity contribution in [3.05, 3.63) is 65.9 Å². The third-order valence-electron chi connectivity index (χ3n) is 3.91. The minimum absolute atomic E-state index is 0.217. The summed E-state index contributed by atoms with van der Waals surface area (Å²) in [5.41, 5.74) is 0. The molecular weight excluding hydrogens is 380 g/mol. The summed E-state index contributed by atoms with van der Waals surface area (Å²) in [5.74, 6) is 0.627. The minimum Gasteiger partial charge on any atom is -0.452 e. The largest absolute Gasteiger partial charge is 0.452 e. The number of thiophene rings is 1. The molecule has 2 aromatic heterocycles. The standard InChI is InChI=1S/C20H16N2O3S2/c1-13(19-21-22-20(25-19)17-7-4-10-26-17)24-18(23)12-27-16-9-8-14-5-2-3-6-15(14)11-16/h2-11,13H,12H2,1H3. The highest BCUT2D eigenvalue weighted by Crippen LogP contribution is 2.27. The zero-order valence-electron chi connectivity index (χ0n) is 14.5. The number of carbonyl (C=O) groups excluding carboxylic acids is 1. The molecule has 7 heteroatoms. The van der Waals surface area contributed by atoms with Crippen LogP contribution in [-0.2, 0) is 9.53 Å². The molecule has 0 aliphatic carbocycles. The molecule has 0 fully saturated rings. The van der Waals surface area contributed by atoms with Crippen LogP contribution in [0.25, 0.3) is 21.5 Å². The van der Waals surface area contributed by atoms with Crippen molar-refractivity contribution >= 4 is 39.8 Å². The zero-order valence-corrected chi connectivity index (χ0v) is 16.1. The first-order chi connectivity index (χ1) is 13.2. The Balaban J connectivity index is 1.34. The number of benzene rings is 2. The monoisotopic (exact) mass is 396 g/mol. The molecule has 2 heterocycles. The van der Waals surface area contributed by atoms with Gasteiger partial charge in [0, 0.05) is 4.90 Å². The Hall–Kier alpha value is -2.64. The fourth-order valence-corrected chi connectivity index (χ4v) is 3.95. The molecular formula is C20H16N2O3S2. The van der Waals surface area contributed by atoms with E-state index in [0.717, 1.165) is 15.2 Å². The molecule has 136 valence electrons. The van der Waals surface area contributed by atoms with Gasteiger partial charge in [0.15, 0.2) is 6.10 Å². The van der Waals surface area contributed by atoms with E-state index in [1.54, 1.807) is 6.92 Å². The van der Waals surface area contributed by atoms with E-state index in [0.29, 0.717) is 11.8 Å². The second-order valence-electron chi connectivity index (χ2n) is 5.85. The predicted molar refractivity (Wildman–Crippen MR) is 107 cm³/mol. The van der Waals surface area contributed by atoms with Crippen LogP contribution >= 0.6 is 23.1 Å². The number of rotatable bonds is 6. The summed E-state index contributed by atoms with van der Waals surface area (Å²) in [6.45, 7) is 1.73. The summed E-state index contributed by atoms with van der Waals surface area (Å²) in [6.07, 6.45) is -0.587. The summed E-state index contributed by atoms with van der Waals surface area (Å²) < 4.78 is 11.0. The zero-order chi connectivity index (χ0) is 18.6. The predicted octanol–water partition coefficient (Wildman–Crippen LogP) is 5.35. The molecule has 0 N–H and O–H groups in total. The van der Waals surface area contributed by atoms with E-state index in [2.05, 4.69) is 34.5 Å². The Labute approximate surface area is 164 Å². The van der Waals surface area contributed by atoms with Crippen LogP contribution in [0.15, 0.2) is 69.3 Å². The Morgan fingerprint density at radius 1 is 1.15 bits per heavy atom. The van der Waals surface area contributed by atoms with Crippen LogP contribution in [0, 0.1) is 0 Å². The Kier molecular flexibility index (Phi) is 5.22. The summed E-state index contributed by atoms with van der Waals surface area (Å²) >= 11 is 2.96. The second kappa shape index (κ2) is 7.94. The van der Waals surface area contributed by atoms with Crippen LogP contribution in [0.2, 0.25) is 0 Å². The first-order valence-electron chi connectivity index (χ1n) is 8.37. The Bertz CT molecular complexity index is 1060. The van der Waals surface area contributed by atoms with Gasteiger partial charge >= 0.3 is 5.97 Å². The highest BCUT2D eigenvalue weighted by atomic mass is 32.2. The lowest BCUT2D eigenvalue weighted by Gasteiger charge is -2.09. The van der Waals surface area contributed by atoms with Gasteiger partial charge in [0.05, 0.1) is 10.6 Å². The minimum atomic E-state index is -0.587. The number of aromatic nitrogens is 2. The van der Waals surface area contributed by atoms with Gasteiger partial charge in [-0.3, -0.25) is 4.79 Å². The summed E-state index contributed by atoms with van der Waals surface area (Å²) in [4.78, 5) is 14.1. The number of esters is 1. The SMILES string of the molecule is CC(OC(=O)CSc1ccc2ccccc2c1)c1nnc(-c2cccs2)o1. The molecule has 0 radical (unpaired) electrons. The van der Waals surface area contributed by atoms with Crippen LogP contribution in [-0.4, -0.2) is 21.9 Å². The van der Waals surface area contributed by atoms with Crippen molar-refractivity contribution in [1.82, 2.24) is 10.2 Å². The normalized spacial score (nSPS) is 12.2. The molecule has 5 nitrogen and oxygen atoms in total. The number of carbonyl (C=O) groups is 1.